The SMILES string of the molecule is CS(=O)(=O)c1ccc(-n2nc(C(F)(F)F)c(F)c2-c2ccc(-c3ncco3)cc2)cc1. The minimum absolute atomic E-state index is 0.0308. The second-order valence-electron chi connectivity index (χ2n) is 6.60. The van der Waals surface area contributed by atoms with Gasteiger partial charge in [-0.1, -0.05) is 12.1 Å². The molecule has 0 fully saturated rings. The van der Waals surface area contributed by atoms with Crippen LogP contribution < -0.4 is 0 Å². The van der Waals surface area contributed by atoms with E-state index >= 15 is 0 Å². The smallest absolute Gasteiger partial charge is 0.438 e. The summed E-state index contributed by atoms with van der Waals surface area (Å²) in [5.41, 5.74) is -1.35. The molecule has 0 bridgehead atoms. The quantitative estimate of drug-likeness (QED) is 0.418. The summed E-state index contributed by atoms with van der Waals surface area (Å²) in [7, 11) is -3.52. The summed E-state index contributed by atoms with van der Waals surface area (Å²) in [5.74, 6) is -1.24. The Morgan fingerprint density at radius 2 is 1.58 bits per heavy atom. The molecule has 0 N–H and O–H groups in total. The highest BCUT2D eigenvalue weighted by Crippen LogP contribution is 2.37. The predicted octanol–water partition coefficient (Wildman–Crippen LogP) is 4.76. The summed E-state index contributed by atoms with van der Waals surface area (Å²) in [6, 6.07) is 10.8. The van der Waals surface area contributed by atoms with Gasteiger partial charge in [0.1, 0.15) is 12.0 Å². The summed E-state index contributed by atoms with van der Waals surface area (Å²) in [5, 5.41) is 3.43. The Bertz CT molecular complexity index is 1330. The van der Waals surface area contributed by atoms with Gasteiger partial charge in [-0.2, -0.15) is 18.3 Å². The summed E-state index contributed by atoms with van der Waals surface area (Å²) >= 11 is 0. The lowest BCUT2D eigenvalue weighted by Crippen LogP contribution is -2.09. The van der Waals surface area contributed by atoms with E-state index in [-0.39, 0.29) is 16.1 Å². The van der Waals surface area contributed by atoms with E-state index in [1.807, 2.05) is 0 Å². The van der Waals surface area contributed by atoms with E-state index in [4.69, 9.17) is 4.42 Å². The standard InChI is InChI=1S/C20H13F4N3O3S/c1-31(28,29)15-8-6-14(7-9-15)27-17(16(21)18(26-27)20(22,23)24)12-2-4-13(5-3-12)19-25-10-11-30-19/h2-11H,1H3. The highest BCUT2D eigenvalue weighted by Gasteiger charge is 2.40. The average molecular weight is 451 g/mol. The van der Waals surface area contributed by atoms with Crippen LogP contribution in [-0.4, -0.2) is 29.4 Å². The fourth-order valence-corrected chi connectivity index (χ4v) is 3.62. The number of halogens is 4. The molecular formula is C20H13F4N3O3S. The number of aromatic nitrogens is 3. The van der Waals surface area contributed by atoms with E-state index < -0.39 is 33.2 Å². The van der Waals surface area contributed by atoms with Crippen molar-refractivity contribution >= 4 is 9.84 Å². The zero-order valence-corrected chi connectivity index (χ0v) is 16.6. The van der Waals surface area contributed by atoms with Crippen LogP contribution in [0.15, 0.2) is 70.3 Å². The first-order chi connectivity index (χ1) is 14.6. The lowest BCUT2D eigenvalue weighted by atomic mass is 10.1. The minimum Gasteiger partial charge on any atom is -0.445 e. The molecule has 2 aromatic heterocycles. The maximum Gasteiger partial charge on any atom is 0.438 e. The Balaban J connectivity index is 1.86. The minimum atomic E-state index is -5.02. The zero-order chi connectivity index (χ0) is 22.4. The number of hydrogen-bond acceptors (Lipinski definition) is 5. The molecule has 2 heterocycles. The highest BCUT2D eigenvalue weighted by atomic mass is 32.2. The predicted molar refractivity (Wildman–Crippen MR) is 103 cm³/mol. The van der Waals surface area contributed by atoms with E-state index in [9.17, 15) is 26.0 Å². The van der Waals surface area contributed by atoms with Crippen LogP contribution in [0.4, 0.5) is 17.6 Å². The number of benzene rings is 2. The molecule has 0 aliphatic rings. The number of sulfone groups is 1. The maximum atomic E-state index is 14.9. The molecule has 0 spiro atoms. The average Bonchev–Trinajstić information content (AvgIpc) is 3.35. The van der Waals surface area contributed by atoms with Crippen LogP contribution in [0.5, 0.6) is 0 Å². The molecule has 0 aliphatic carbocycles. The first kappa shape index (κ1) is 20.8. The molecule has 0 saturated carbocycles. The summed E-state index contributed by atoms with van der Waals surface area (Å²) in [6.45, 7) is 0. The third-order valence-corrected chi connectivity index (χ3v) is 5.57. The van der Waals surface area contributed by atoms with Crippen LogP contribution in [0.1, 0.15) is 5.69 Å². The van der Waals surface area contributed by atoms with Crippen LogP contribution in [0, 0.1) is 5.82 Å². The van der Waals surface area contributed by atoms with E-state index in [2.05, 4.69) is 10.1 Å². The molecule has 0 aliphatic heterocycles. The normalized spacial score (nSPS) is 12.3. The Labute approximate surface area is 173 Å². The van der Waals surface area contributed by atoms with Crippen molar-refractivity contribution in [3.63, 3.8) is 0 Å². The first-order valence-electron chi connectivity index (χ1n) is 8.72. The molecule has 0 radical (unpaired) electrons. The van der Waals surface area contributed by atoms with E-state index in [0.29, 0.717) is 11.5 Å². The molecule has 4 aromatic rings. The van der Waals surface area contributed by atoms with Crippen molar-refractivity contribution in [1.29, 1.82) is 0 Å². The van der Waals surface area contributed by atoms with E-state index in [0.717, 1.165) is 10.9 Å². The van der Waals surface area contributed by atoms with Gasteiger partial charge in [0.15, 0.2) is 15.7 Å². The lowest BCUT2D eigenvalue weighted by molar-refractivity contribution is -0.143. The van der Waals surface area contributed by atoms with E-state index in [1.54, 1.807) is 0 Å². The van der Waals surface area contributed by atoms with Gasteiger partial charge in [-0.05, 0) is 36.4 Å². The molecule has 11 heteroatoms. The van der Waals surface area contributed by atoms with Crippen LogP contribution in [0.2, 0.25) is 0 Å². The fraction of sp³-hybridized carbons (Fsp3) is 0.100. The lowest BCUT2D eigenvalue weighted by Gasteiger charge is -2.09. The molecule has 160 valence electrons. The Morgan fingerprint density at radius 1 is 0.968 bits per heavy atom. The van der Waals surface area contributed by atoms with Crippen molar-refractivity contribution in [2.45, 2.75) is 11.1 Å². The van der Waals surface area contributed by atoms with Gasteiger partial charge in [-0.25, -0.2) is 22.5 Å². The molecule has 0 amide bonds. The van der Waals surface area contributed by atoms with E-state index in [1.165, 1.54) is 61.0 Å². The third kappa shape index (κ3) is 3.96. The molecule has 31 heavy (non-hydrogen) atoms. The number of nitrogens with zero attached hydrogens (tertiary/aromatic N) is 3. The monoisotopic (exact) mass is 451 g/mol. The maximum absolute atomic E-state index is 14.9. The van der Waals surface area contributed by atoms with Gasteiger partial charge in [-0.15, -0.1) is 0 Å². The van der Waals surface area contributed by atoms with Gasteiger partial charge in [0.25, 0.3) is 0 Å². The number of oxazole rings is 1. The van der Waals surface area contributed by atoms with Gasteiger partial charge in [-0.3, -0.25) is 0 Å². The number of alkyl halides is 3. The molecule has 2 aromatic carbocycles. The Hall–Kier alpha value is -3.47. The van der Waals surface area contributed by atoms with Crippen LogP contribution in [0.3, 0.4) is 0 Å². The molecular weight excluding hydrogens is 438 g/mol. The second kappa shape index (κ2) is 7.34. The van der Waals surface area contributed by atoms with Crippen molar-refractivity contribution in [2.24, 2.45) is 0 Å². The van der Waals surface area contributed by atoms with Crippen molar-refractivity contribution in [3.8, 4) is 28.4 Å². The van der Waals surface area contributed by atoms with Crippen LogP contribution in [-0.2, 0) is 16.0 Å². The van der Waals surface area contributed by atoms with Crippen molar-refractivity contribution in [3.05, 3.63) is 72.5 Å². The van der Waals surface area contributed by atoms with Crippen molar-refractivity contribution in [2.75, 3.05) is 6.26 Å². The number of hydrogen-bond donors (Lipinski definition) is 0. The van der Waals surface area contributed by atoms with Crippen LogP contribution in [0.25, 0.3) is 28.4 Å². The van der Waals surface area contributed by atoms with Gasteiger partial charge in [0, 0.05) is 17.4 Å². The summed E-state index contributed by atoms with van der Waals surface area (Å²) in [6.07, 6.45) is -1.21. The highest BCUT2D eigenvalue weighted by molar-refractivity contribution is 7.90. The van der Waals surface area contributed by atoms with Crippen LogP contribution >= 0.6 is 0 Å². The molecule has 0 atom stereocenters. The summed E-state index contributed by atoms with van der Waals surface area (Å²) < 4.78 is 84.1. The van der Waals surface area contributed by atoms with Gasteiger partial charge in [0.05, 0.1) is 16.8 Å². The molecule has 0 saturated heterocycles. The fourth-order valence-electron chi connectivity index (χ4n) is 2.99. The topological polar surface area (TPSA) is 78.0 Å². The largest absolute Gasteiger partial charge is 0.445 e. The summed E-state index contributed by atoms with van der Waals surface area (Å²) in [4.78, 5) is 3.95. The first-order valence-corrected chi connectivity index (χ1v) is 10.6. The number of rotatable bonds is 4. The molecule has 0 unspecified atom stereocenters. The Kier molecular flexibility index (Phi) is 4.92. The van der Waals surface area contributed by atoms with Gasteiger partial charge >= 0.3 is 6.18 Å². The Morgan fingerprint density at radius 3 is 2.10 bits per heavy atom. The van der Waals surface area contributed by atoms with Gasteiger partial charge < -0.3 is 4.42 Å². The van der Waals surface area contributed by atoms with Crippen molar-refractivity contribution < 1.29 is 30.4 Å². The molecule has 6 nitrogen and oxygen atoms in total. The second-order valence-corrected chi connectivity index (χ2v) is 8.62. The van der Waals surface area contributed by atoms with Gasteiger partial charge in [0.2, 0.25) is 11.6 Å². The molecule has 4 rings (SSSR count). The van der Waals surface area contributed by atoms with Crippen molar-refractivity contribution in [1.82, 2.24) is 14.8 Å². The zero-order valence-electron chi connectivity index (χ0n) is 15.8. The third-order valence-electron chi connectivity index (χ3n) is 4.44.